The largest absolute Gasteiger partial charge is 0.479 e. The first-order chi connectivity index (χ1) is 14.5. The molecular formula is C22H24N2O6. The molecule has 2 aromatic carbocycles. The second kappa shape index (κ2) is 9.89. The number of nitrogens with one attached hydrogen (secondary N) is 2. The van der Waals surface area contributed by atoms with E-state index < -0.39 is 24.1 Å². The molecule has 2 aromatic rings. The van der Waals surface area contributed by atoms with Crippen LogP contribution in [0.5, 0.6) is 0 Å². The first kappa shape index (κ1) is 21.3. The van der Waals surface area contributed by atoms with Gasteiger partial charge >= 0.3 is 12.1 Å². The lowest BCUT2D eigenvalue weighted by Gasteiger charge is -2.14. The van der Waals surface area contributed by atoms with Gasteiger partial charge in [0.2, 0.25) is 5.91 Å². The highest BCUT2D eigenvalue weighted by Gasteiger charge is 2.28. The number of hydrogen-bond acceptors (Lipinski definition) is 5. The number of aliphatic hydroxyl groups is 1. The molecule has 0 saturated heterocycles. The standard InChI is InChI=1S/C22H24N2O6/c25-19(21(27)28)12-24-20(26)10-5-11-23-22(29)30-13-18-16-8-3-1-6-14(16)15-7-2-4-9-17(15)18/h1-4,6-9,18-19,25H,5,10-13H2,(H,23,29)(H,24,26)(H,27,28)/t19-/m0/s1. The Bertz CT molecular complexity index is 884. The molecule has 0 aromatic heterocycles. The lowest BCUT2D eigenvalue weighted by atomic mass is 9.98. The van der Waals surface area contributed by atoms with Gasteiger partial charge < -0.3 is 25.6 Å². The Morgan fingerprint density at radius 3 is 2.17 bits per heavy atom. The van der Waals surface area contributed by atoms with Crippen LogP contribution in [0.2, 0.25) is 0 Å². The summed E-state index contributed by atoms with van der Waals surface area (Å²) in [4.78, 5) is 34.1. The molecule has 0 bridgehead atoms. The highest BCUT2D eigenvalue weighted by molar-refractivity contribution is 5.79. The van der Waals surface area contributed by atoms with E-state index >= 15 is 0 Å². The van der Waals surface area contributed by atoms with Gasteiger partial charge in [-0.3, -0.25) is 4.79 Å². The molecule has 0 heterocycles. The van der Waals surface area contributed by atoms with Crippen LogP contribution in [-0.4, -0.2) is 54.0 Å². The summed E-state index contributed by atoms with van der Waals surface area (Å²) in [6.45, 7) is 0.104. The van der Waals surface area contributed by atoms with Gasteiger partial charge in [0, 0.05) is 18.9 Å². The van der Waals surface area contributed by atoms with Crippen LogP contribution < -0.4 is 10.6 Å². The Morgan fingerprint density at radius 1 is 0.967 bits per heavy atom. The number of ether oxygens (including phenoxy) is 1. The second-order valence-corrected chi connectivity index (χ2v) is 7.01. The first-order valence-electron chi connectivity index (χ1n) is 9.73. The zero-order valence-electron chi connectivity index (χ0n) is 16.3. The maximum atomic E-state index is 12.0. The van der Waals surface area contributed by atoms with Gasteiger partial charge in [-0.05, 0) is 28.7 Å². The van der Waals surface area contributed by atoms with Gasteiger partial charge in [-0.15, -0.1) is 0 Å². The van der Waals surface area contributed by atoms with Gasteiger partial charge in [0.15, 0.2) is 6.10 Å². The average molecular weight is 412 g/mol. The molecule has 1 aliphatic carbocycles. The first-order valence-corrected chi connectivity index (χ1v) is 9.73. The lowest BCUT2D eigenvalue weighted by molar-refractivity contribution is -0.146. The summed E-state index contributed by atoms with van der Waals surface area (Å²) in [7, 11) is 0. The van der Waals surface area contributed by atoms with Crippen LogP contribution in [-0.2, 0) is 14.3 Å². The van der Waals surface area contributed by atoms with Crippen molar-refractivity contribution in [1.82, 2.24) is 10.6 Å². The smallest absolute Gasteiger partial charge is 0.407 e. The maximum absolute atomic E-state index is 12.0. The fourth-order valence-electron chi connectivity index (χ4n) is 3.48. The molecular weight excluding hydrogens is 388 g/mol. The number of carbonyl (C=O) groups excluding carboxylic acids is 2. The fraction of sp³-hybridized carbons (Fsp3) is 0.318. The van der Waals surface area contributed by atoms with Gasteiger partial charge in [-0.25, -0.2) is 9.59 Å². The summed E-state index contributed by atoms with van der Waals surface area (Å²) in [5.41, 5.74) is 4.57. The third kappa shape index (κ3) is 5.15. The Morgan fingerprint density at radius 2 is 1.57 bits per heavy atom. The second-order valence-electron chi connectivity index (χ2n) is 7.01. The van der Waals surface area contributed by atoms with Crippen LogP contribution in [0.4, 0.5) is 4.79 Å². The number of fused-ring (bicyclic) bond motifs is 3. The topological polar surface area (TPSA) is 125 Å². The number of carboxylic acids is 1. The Balaban J connectivity index is 1.40. The number of rotatable bonds is 9. The van der Waals surface area contributed by atoms with Gasteiger partial charge in [0.25, 0.3) is 0 Å². The minimum atomic E-state index is -1.63. The van der Waals surface area contributed by atoms with Crippen LogP contribution in [0, 0.1) is 0 Å². The molecule has 30 heavy (non-hydrogen) atoms. The third-order valence-electron chi connectivity index (χ3n) is 4.97. The minimum Gasteiger partial charge on any atom is -0.479 e. The molecule has 0 saturated carbocycles. The number of amides is 2. The molecule has 4 N–H and O–H groups in total. The molecule has 3 rings (SSSR count). The Kier molecular flexibility index (Phi) is 7.03. The van der Waals surface area contributed by atoms with E-state index in [9.17, 15) is 14.4 Å². The van der Waals surface area contributed by atoms with Crippen molar-refractivity contribution in [1.29, 1.82) is 0 Å². The van der Waals surface area contributed by atoms with Crippen molar-refractivity contribution in [3.63, 3.8) is 0 Å². The van der Waals surface area contributed by atoms with Crippen LogP contribution in [0.1, 0.15) is 29.9 Å². The van der Waals surface area contributed by atoms with Crippen LogP contribution in [0.3, 0.4) is 0 Å². The molecule has 8 heteroatoms. The van der Waals surface area contributed by atoms with E-state index in [1.807, 2.05) is 36.4 Å². The van der Waals surface area contributed by atoms with Crippen molar-refractivity contribution in [2.75, 3.05) is 19.7 Å². The Hall–Kier alpha value is -3.39. The zero-order valence-corrected chi connectivity index (χ0v) is 16.3. The van der Waals surface area contributed by atoms with Crippen molar-refractivity contribution in [3.8, 4) is 11.1 Å². The summed E-state index contributed by atoms with van der Waals surface area (Å²) < 4.78 is 5.40. The Labute approximate surface area is 173 Å². The number of alkyl carbamates (subject to hydrolysis) is 1. The van der Waals surface area contributed by atoms with Crippen molar-refractivity contribution in [2.24, 2.45) is 0 Å². The normalized spacial score (nSPS) is 13.1. The summed E-state index contributed by atoms with van der Waals surface area (Å²) in [6.07, 6.45) is -1.73. The number of aliphatic carboxylic acids is 1. The fourth-order valence-corrected chi connectivity index (χ4v) is 3.48. The van der Waals surface area contributed by atoms with Crippen molar-refractivity contribution in [3.05, 3.63) is 59.7 Å². The predicted molar refractivity (Wildman–Crippen MR) is 109 cm³/mol. The number of carbonyl (C=O) groups is 3. The summed E-state index contributed by atoms with van der Waals surface area (Å²) >= 11 is 0. The van der Waals surface area contributed by atoms with Gasteiger partial charge in [-0.2, -0.15) is 0 Å². The monoisotopic (exact) mass is 412 g/mol. The molecule has 1 atom stereocenters. The quantitative estimate of drug-likeness (QED) is 0.466. The van der Waals surface area contributed by atoms with E-state index in [0.29, 0.717) is 6.42 Å². The van der Waals surface area contributed by atoms with E-state index in [4.69, 9.17) is 14.9 Å². The lowest BCUT2D eigenvalue weighted by Crippen LogP contribution is -2.36. The van der Waals surface area contributed by atoms with E-state index in [1.54, 1.807) is 0 Å². The third-order valence-corrected chi connectivity index (χ3v) is 4.97. The van der Waals surface area contributed by atoms with Gasteiger partial charge in [0.05, 0.1) is 6.54 Å². The number of benzene rings is 2. The molecule has 158 valence electrons. The highest BCUT2D eigenvalue weighted by Crippen LogP contribution is 2.44. The van der Waals surface area contributed by atoms with Crippen LogP contribution in [0.15, 0.2) is 48.5 Å². The van der Waals surface area contributed by atoms with Gasteiger partial charge in [0.1, 0.15) is 6.61 Å². The molecule has 0 fully saturated rings. The zero-order chi connectivity index (χ0) is 21.5. The van der Waals surface area contributed by atoms with Crippen LogP contribution in [0.25, 0.3) is 11.1 Å². The van der Waals surface area contributed by atoms with Crippen molar-refractivity contribution < 1.29 is 29.3 Å². The minimum absolute atomic E-state index is 0.0189. The maximum Gasteiger partial charge on any atom is 0.407 e. The molecule has 2 amide bonds. The predicted octanol–water partition coefficient (Wildman–Crippen LogP) is 1.87. The summed E-state index contributed by atoms with van der Waals surface area (Å²) in [5, 5.41) is 22.6. The molecule has 0 radical (unpaired) electrons. The molecule has 1 aliphatic rings. The van der Waals surface area contributed by atoms with Crippen LogP contribution >= 0.6 is 0 Å². The average Bonchev–Trinajstić information content (AvgIpc) is 3.07. The van der Waals surface area contributed by atoms with Gasteiger partial charge in [-0.1, -0.05) is 48.5 Å². The van der Waals surface area contributed by atoms with E-state index in [1.165, 1.54) is 0 Å². The van der Waals surface area contributed by atoms with E-state index in [2.05, 4.69) is 22.8 Å². The molecule has 0 aliphatic heterocycles. The van der Waals surface area contributed by atoms with E-state index in [0.717, 1.165) is 22.3 Å². The number of aliphatic hydroxyl groups excluding tert-OH is 1. The van der Waals surface area contributed by atoms with Crippen molar-refractivity contribution >= 4 is 18.0 Å². The van der Waals surface area contributed by atoms with E-state index in [-0.39, 0.29) is 32.0 Å². The summed E-state index contributed by atoms with van der Waals surface area (Å²) in [6, 6.07) is 16.1. The SMILES string of the molecule is O=C(CCCNC(=O)OCC1c2ccccc2-c2ccccc21)NC[C@H](O)C(=O)O. The summed E-state index contributed by atoms with van der Waals surface area (Å²) in [5.74, 6) is -1.81. The highest BCUT2D eigenvalue weighted by atomic mass is 16.5. The molecule has 0 spiro atoms. The molecule has 8 nitrogen and oxygen atoms in total. The molecule has 0 unspecified atom stereocenters. The van der Waals surface area contributed by atoms with Crippen molar-refractivity contribution in [2.45, 2.75) is 24.9 Å². The number of hydrogen-bond donors (Lipinski definition) is 4. The number of carboxylic acid groups (broad SMARTS) is 1.